The number of aliphatic imine (C=N–C) groups is 1. The van der Waals surface area contributed by atoms with Crippen LogP contribution in [0.1, 0.15) is 40.2 Å². The molecule has 0 amide bonds. The van der Waals surface area contributed by atoms with Gasteiger partial charge in [-0.25, -0.2) is 4.98 Å². The highest BCUT2D eigenvalue weighted by Gasteiger charge is 2.29. The van der Waals surface area contributed by atoms with E-state index in [0.29, 0.717) is 12.0 Å². The summed E-state index contributed by atoms with van der Waals surface area (Å²) in [5.41, 5.74) is 0.253. The Morgan fingerprint density at radius 3 is 2.68 bits per heavy atom. The lowest BCUT2D eigenvalue weighted by atomic mass is 9.93. The number of hydrogen-bond donors (Lipinski definition) is 1. The van der Waals surface area contributed by atoms with Gasteiger partial charge >= 0.3 is 0 Å². The lowest BCUT2D eigenvalue weighted by Gasteiger charge is -2.39. The summed E-state index contributed by atoms with van der Waals surface area (Å²) in [4.78, 5) is 11.0. The van der Waals surface area contributed by atoms with Gasteiger partial charge in [-0.3, -0.25) is 4.99 Å². The summed E-state index contributed by atoms with van der Waals surface area (Å²) in [6.45, 7) is 12.0. The largest absolute Gasteiger partial charge is 0.356 e. The maximum Gasteiger partial charge on any atom is 0.193 e. The first-order valence-electron chi connectivity index (χ1n) is 7.84. The first-order chi connectivity index (χ1) is 9.90. The number of halogens is 1. The molecule has 1 N–H and O–H groups in total. The van der Waals surface area contributed by atoms with Gasteiger partial charge in [-0.2, -0.15) is 0 Å². The Balaban J connectivity index is 0.00000242. The van der Waals surface area contributed by atoms with Crippen molar-refractivity contribution >= 4 is 29.9 Å². The number of guanidine groups is 1. The van der Waals surface area contributed by atoms with Crippen LogP contribution in [0.2, 0.25) is 0 Å². The van der Waals surface area contributed by atoms with Crippen LogP contribution in [0.25, 0.3) is 0 Å². The Morgan fingerprint density at radius 1 is 1.41 bits per heavy atom. The summed E-state index contributed by atoms with van der Waals surface area (Å²) in [5.74, 6) is 1.68. The van der Waals surface area contributed by atoms with Crippen LogP contribution in [0, 0.1) is 11.3 Å². The van der Waals surface area contributed by atoms with Gasteiger partial charge in [0.05, 0.1) is 12.4 Å². The summed E-state index contributed by atoms with van der Waals surface area (Å²) in [6.07, 6.45) is 7.03. The first-order valence-corrected chi connectivity index (χ1v) is 7.84. The molecule has 2 unspecified atom stereocenters. The third-order valence-electron chi connectivity index (χ3n) is 4.11. The van der Waals surface area contributed by atoms with Gasteiger partial charge in [0.15, 0.2) is 5.96 Å². The molecule has 22 heavy (non-hydrogen) atoms. The fourth-order valence-corrected chi connectivity index (χ4v) is 2.77. The SMILES string of the molecule is CN=C(NCC(C)(C)C)N1CCC(C)C(n2ccnc2)C1.I. The van der Waals surface area contributed by atoms with Gasteiger partial charge in [0, 0.05) is 39.1 Å². The molecule has 2 heterocycles. The lowest BCUT2D eigenvalue weighted by molar-refractivity contribution is 0.188. The van der Waals surface area contributed by atoms with Crippen molar-refractivity contribution in [3.63, 3.8) is 0 Å². The van der Waals surface area contributed by atoms with Gasteiger partial charge in [0.2, 0.25) is 0 Å². The Hall–Kier alpha value is -0.790. The zero-order valence-electron chi connectivity index (χ0n) is 14.4. The molecular weight excluding hydrogens is 389 g/mol. The van der Waals surface area contributed by atoms with E-state index in [1.165, 1.54) is 6.42 Å². The maximum atomic E-state index is 4.46. The predicted molar refractivity (Wildman–Crippen MR) is 103 cm³/mol. The molecule has 0 radical (unpaired) electrons. The quantitative estimate of drug-likeness (QED) is 0.456. The molecule has 1 aromatic heterocycles. The van der Waals surface area contributed by atoms with Crippen LogP contribution in [-0.2, 0) is 0 Å². The summed E-state index contributed by atoms with van der Waals surface area (Å²) >= 11 is 0. The number of rotatable bonds is 2. The number of aromatic nitrogens is 2. The molecule has 1 fully saturated rings. The molecule has 2 rings (SSSR count). The molecule has 6 heteroatoms. The highest BCUT2D eigenvalue weighted by Crippen LogP contribution is 2.27. The Labute approximate surface area is 151 Å². The van der Waals surface area contributed by atoms with E-state index in [2.05, 4.69) is 58.7 Å². The van der Waals surface area contributed by atoms with Crippen LogP contribution in [0.4, 0.5) is 0 Å². The van der Waals surface area contributed by atoms with Crippen LogP contribution in [0.15, 0.2) is 23.7 Å². The Morgan fingerprint density at radius 2 is 2.14 bits per heavy atom. The van der Waals surface area contributed by atoms with Gasteiger partial charge in [0.25, 0.3) is 0 Å². The minimum atomic E-state index is 0. The van der Waals surface area contributed by atoms with Crippen LogP contribution < -0.4 is 5.32 Å². The lowest BCUT2D eigenvalue weighted by Crippen LogP contribution is -2.50. The van der Waals surface area contributed by atoms with Crippen molar-refractivity contribution in [2.45, 2.75) is 40.2 Å². The van der Waals surface area contributed by atoms with E-state index in [1.807, 2.05) is 19.6 Å². The van der Waals surface area contributed by atoms with Crippen molar-refractivity contribution < 1.29 is 0 Å². The normalized spacial score (nSPS) is 23.1. The third-order valence-corrected chi connectivity index (χ3v) is 4.11. The van der Waals surface area contributed by atoms with E-state index < -0.39 is 0 Å². The molecule has 0 spiro atoms. The monoisotopic (exact) mass is 419 g/mol. The van der Waals surface area contributed by atoms with Gasteiger partial charge < -0.3 is 14.8 Å². The number of imidazole rings is 1. The number of likely N-dealkylation sites (tertiary alicyclic amines) is 1. The molecule has 1 aromatic rings. The summed E-state index contributed by atoms with van der Waals surface area (Å²) in [6, 6.07) is 0.467. The molecule has 2 atom stereocenters. The first kappa shape index (κ1) is 19.3. The highest BCUT2D eigenvalue weighted by molar-refractivity contribution is 14.0. The predicted octanol–water partition coefficient (Wildman–Crippen LogP) is 3.01. The van der Waals surface area contributed by atoms with E-state index in [1.54, 1.807) is 0 Å². The van der Waals surface area contributed by atoms with Crippen molar-refractivity contribution in [1.29, 1.82) is 0 Å². The molecule has 0 bridgehead atoms. The van der Waals surface area contributed by atoms with E-state index >= 15 is 0 Å². The molecule has 0 aromatic carbocycles. The van der Waals surface area contributed by atoms with E-state index in [0.717, 1.165) is 25.6 Å². The summed E-state index contributed by atoms with van der Waals surface area (Å²) in [5, 5.41) is 3.51. The number of nitrogens with zero attached hydrogens (tertiary/aromatic N) is 4. The number of nitrogens with one attached hydrogen (secondary N) is 1. The minimum absolute atomic E-state index is 0. The molecule has 1 aliphatic rings. The number of hydrogen-bond acceptors (Lipinski definition) is 2. The van der Waals surface area contributed by atoms with Gasteiger partial charge in [-0.1, -0.05) is 27.7 Å². The second-order valence-corrected chi connectivity index (χ2v) is 7.25. The van der Waals surface area contributed by atoms with Crippen molar-refractivity contribution in [3.05, 3.63) is 18.7 Å². The molecule has 5 nitrogen and oxygen atoms in total. The van der Waals surface area contributed by atoms with Crippen LogP contribution in [0.5, 0.6) is 0 Å². The van der Waals surface area contributed by atoms with Gasteiger partial charge in [-0.15, -0.1) is 24.0 Å². The van der Waals surface area contributed by atoms with Gasteiger partial charge in [-0.05, 0) is 17.8 Å². The zero-order valence-corrected chi connectivity index (χ0v) is 16.7. The fraction of sp³-hybridized carbons (Fsp3) is 0.750. The molecule has 1 aliphatic heterocycles. The van der Waals surface area contributed by atoms with Gasteiger partial charge in [0.1, 0.15) is 0 Å². The van der Waals surface area contributed by atoms with Crippen molar-refractivity contribution in [2.24, 2.45) is 16.3 Å². The maximum absolute atomic E-state index is 4.46. The Bertz CT molecular complexity index is 463. The second kappa shape index (κ2) is 8.17. The van der Waals surface area contributed by atoms with E-state index in [9.17, 15) is 0 Å². The standard InChI is InChI=1S/C16H29N5.HI/c1-13-6-8-20(10-14(13)21-9-7-18-12-21)15(17-5)19-11-16(2,3)4;/h7,9,12-14H,6,8,10-11H2,1-5H3,(H,17,19);1H. The third kappa shape index (κ3) is 5.14. The fourth-order valence-electron chi connectivity index (χ4n) is 2.77. The Kier molecular flexibility index (Phi) is 7.15. The molecule has 0 aliphatic carbocycles. The topological polar surface area (TPSA) is 45.5 Å². The molecule has 0 saturated carbocycles. The molecule has 1 saturated heterocycles. The average molecular weight is 419 g/mol. The van der Waals surface area contributed by atoms with Crippen LogP contribution in [0.3, 0.4) is 0 Å². The number of piperidine rings is 1. The smallest absolute Gasteiger partial charge is 0.193 e. The van der Waals surface area contributed by atoms with Crippen molar-refractivity contribution in [3.8, 4) is 0 Å². The average Bonchev–Trinajstić information content (AvgIpc) is 2.93. The molecular formula is C16H30IN5. The zero-order chi connectivity index (χ0) is 15.5. The highest BCUT2D eigenvalue weighted by atomic mass is 127. The van der Waals surface area contributed by atoms with Crippen LogP contribution >= 0.6 is 24.0 Å². The summed E-state index contributed by atoms with van der Waals surface area (Å²) < 4.78 is 2.23. The minimum Gasteiger partial charge on any atom is -0.356 e. The van der Waals surface area contributed by atoms with E-state index in [4.69, 9.17) is 0 Å². The summed E-state index contributed by atoms with van der Waals surface area (Å²) in [7, 11) is 1.87. The molecule has 126 valence electrons. The van der Waals surface area contributed by atoms with Crippen molar-refractivity contribution in [2.75, 3.05) is 26.7 Å². The van der Waals surface area contributed by atoms with Crippen molar-refractivity contribution in [1.82, 2.24) is 19.8 Å². The van der Waals surface area contributed by atoms with E-state index in [-0.39, 0.29) is 29.4 Å². The second-order valence-electron chi connectivity index (χ2n) is 7.25. The van der Waals surface area contributed by atoms with Crippen LogP contribution in [-0.4, -0.2) is 47.1 Å².